The van der Waals surface area contributed by atoms with Gasteiger partial charge in [0.15, 0.2) is 0 Å². The molecule has 3 N–H and O–H groups in total. The highest BCUT2D eigenvalue weighted by Gasteiger charge is 2.51. The van der Waals surface area contributed by atoms with Crippen LogP contribution in [-0.4, -0.2) is 41.1 Å². The topological polar surface area (TPSA) is 64.6 Å². The minimum absolute atomic E-state index is 0.0814. The summed E-state index contributed by atoms with van der Waals surface area (Å²) in [5.41, 5.74) is 7.57. The van der Waals surface area contributed by atoms with E-state index in [-0.39, 0.29) is 23.9 Å². The average Bonchev–Trinajstić information content (AvgIpc) is 3.05. The second kappa shape index (κ2) is 5.80. The molecule has 1 aromatic rings. The number of phenolic OH excluding ortho intramolecular Hbond substituents is 1. The Morgan fingerprint density at radius 3 is 2.91 bits per heavy atom. The fourth-order valence-electron chi connectivity index (χ4n) is 4.99. The predicted octanol–water partition coefficient (Wildman–Crippen LogP) is 1.60. The molecule has 1 aromatic carbocycles. The van der Waals surface area contributed by atoms with Crippen LogP contribution in [0.1, 0.15) is 37.7 Å². The third-order valence-electron chi connectivity index (χ3n) is 6.07. The molecule has 23 heavy (non-hydrogen) atoms. The van der Waals surface area contributed by atoms with Gasteiger partial charge in [-0.1, -0.05) is 18.2 Å². The summed E-state index contributed by atoms with van der Waals surface area (Å²) in [6.45, 7) is 3.59. The highest BCUT2D eigenvalue weighted by molar-refractivity contribution is 5.81. The van der Waals surface area contributed by atoms with Gasteiger partial charge in [0, 0.05) is 25.2 Å². The third-order valence-corrected chi connectivity index (χ3v) is 6.07. The normalized spacial score (nSPS) is 36.7. The lowest BCUT2D eigenvalue weighted by atomic mass is 9.67. The Morgan fingerprint density at radius 1 is 1.30 bits per heavy atom. The Hall–Kier alpha value is -1.59. The van der Waals surface area contributed by atoms with Crippen molar-refractivity contribution in [1.29, 1.82) is 0 Å². The molecule has 124 valence electrons. The van der Waals surface area contributed by atoms with E-state index in [0.29, 0.717) is 17.6 Å². The molecule has 5 atom stereocenters. The van der Waals surface area contributed by atoms with E-state index in [2.05, 4.69) is 22.7 Å². The summed E-state index contributed by atoms with van der Waals surface area (Å²) in [4.78, 5) is 14.9. The summed E-state index contributed by atoms with van der Waals surface area (Å²) in [5.74, 6) is 1.60. The van der Waals surface area contributed by atoms with Crippen molar-refractivity contribution in [2.24, 2.45) is 11.8 Å². The number of hydrazine groups is 1. The molecule has 1 aliphatic carbocycles. The average molecular weight is 315 g/mol. The van der Waals surface area contributed by atoms with Crippen molar-refractivity contribution >= 4 is 5.91 Å². The van der Waals surface area contributed by atoms with Gasteiger partial charge in [0.2, 0.25) is 5.91 Å². The lowest BCUT2D eigenvalue weighted by molar-refractivity contribution is -0.146. The molecule has 0 spiro atoms. The maximum absolute atomic E-state index is 12.8. The standard InChI is InChI=1S/C18H25N3O2/c1-2-21-15-9-11(12-5-3-4-6-16(12)22)7-8-13(15)17-14(18(21)23)10-19-20-17/h3-6,11,13-15,17,19-20,22H,2,7-10H2,1H3. The number of carbonyl (C=O) groups excluding carboxylic acids is 1. The largest absolute Gasteiger partial charge is 0.508 e. The molecule has 5 heteroatoms. The van der Waals surface area contributed by atoms with Crippen LogP contribution in [0.25, 0.3) is 0 Å². The van der Waals surface area contributed by atoms with Crippen molar-refractivity contribution in [3.63, 3.8) is 0 Å². The van der Waals surface area contributed by atoms with Crippen molar-refractivity contribution in [3.8, 4) is 5.75 Å². The fourth-order valence-corrected chi connectivity index (χ4v) is 4.99. The number of benzene rings is 1. The van der Waals surface area contributed by atoms with Gasteiger partial charge in [-0.3, -0.25) is 15.6 Å². The lowest BCUT2D eigenvalue weighted by Crippen LogP contribution is -2.61. The minimum Gasteiger partial charge on any atom is -0.508 e. The molecule has 0 radical (unpaired) electrons. The Bertz CT molecular complexity index is 606. The smallest absolute Gasteiger partial charge is 0.228 e. The van der Waals surface area contributed by atoms with E-state index in [1.165, 1.54) is 0 Å². The number of aromatic hydroxyl groups is 1. The van der Waals surface area contributed by atoms with Gasteiger partial charge in [-0.25, -0.2) is 0 Å². The molecular weight excluding hydrogens is 290 g/mol. The number of hydrogen-bond donors (Lipinski definition) is 3. The van der Waals surface area contributed by atoms with E-state index in [9.17, 15) is 9.90 Å². The van der Waals surface area contributed by atoms with Gasteiger partial charge in [-0.15, -0.1) is 0 Å². The number of hydrogen-bond acceptors (Lipinski definition) is 4. The highest BCUT2D eigenvalue weighted by Crippen LogP contribution is 2.45. The van der Waals surface area contributed by atoms with E-state index in [1.807, 2.05) is 18.2 Å². The molecule has 4 rings (SSSR count). The van der Waals surface area contributed by atoms with Crippen LogP contribution in [0.3, 0.4) is 0 Å². The lowest BCUT2D eigenvalue weighted by Gasteiger charge is -2.50. The molecule has 5 unspecified atom stereocenters. The molecule has 2 aliphatic heterocycles. The number of nitrogens with zero attached hydrogens (tertiary/aromatic N) is 1. The Labute approximate surface area is 137 Å². The maximum Gasteiger partial charge on any atom is 0.228 e. The number of amides is 1. The zero-order valence-electron chi connectivity index (χ0n) is 13.5. The van der Waals surface area contributed by atoms with Gasteiger partial charge in [0.1, 0.15) is 5.75 Å². The highest BCUT2D eigenvalue weighted by atomic mass is 16.3. The van der Waals surface area contributed by atoms with Gasteiger partial charge < -0.3 is 10.0 Å². The summed E-state index contributed by atoms with van der Waals surface area (Å²) in [5, 5.41) is 10.2. The summed E-state index contributed by atoms with van der Waals surface area (Å²) in [6, 6.07) is 8.19. The van der Waals surface area contributed by atoms with Crippen molar-refractivity contribution < 1.29 is 9.90 Å². The first-order chi connectivity index (χ1) is 11.2. The number of nitrogens with one attached hydrogen (secondary N) is 2. The second-order valence-corrected chi connectivity index (χ2v) is 7.08. The molecular formula is C18H25N3O2. The Kier molecular flexibility index (Phi) is 3.77. The number of rotatable bonds is 2. The van der Waals surface area contributed by atoms with Gasteiger partial charge in [-0.2, -0.15) is 0 Å². The first-order valence-electron chi connectivity index (χ1n) is 8.77. The van der Waals surface area contributed by atoms with E-state index in [1.54, 1.807) is 6.07 Å². The van der Waals surface area contributed by atoms with Gasteiger partial charge in [-0.05, 0) is 49.7 Å². The SMILES string of the molecule is CCN1C(=O)C2CNNC2C2CCC(c3ccccc3O)CC21. The number of likely N-dealkylation sites (tertiary alicyclic amines) is 1. The van der Waals surface area contributed by atoms with Crippen molar-refractivity contribution in [2.45, 2.75) is 44.2 Å². The molecule has 2 heterocycles. The van der Waals surface area contributed by atoms with Crippen LogP contribution in [0.4, 0.5) is 0 Å². The van der Waals surface area contributed by atoms with Crippen LogP contribution in [0.2, 0.25) is 0 Å². The van der Waals surface area contributed by atoms with Gasteiger partial charge in [0.05, 0.1) is 5.92 Å². The van der Waals surface area contributed by atoms with Crippen LogP contribution in [-0.2, 0) is 4.79 Å². The zero-order chi connectivity index (χ0) is 16.0. The van der Waals surface area contributed by atoms with Crippen LogP contribution < -0.4 is 10.9 Å². The first-order valence-corrected chi connectivity index (χ1v) is 8.77. The molecule has 0 aromatic heterocycles. The summed E-state index contributed by atoms with van der Waals surface area (Å²) in [6.07, 6.45) is 3.13. The fraction of sp³-hybridized carbons (Fsp3) is 0.611. The van der Waals surface area contributed by atoms with Crippen LogP contribution in [0.5, 0.6) is 5.75 Å². The second-order valence-electron chi connectivity index (χ2n) is 7.08. The molecule has 5 nitrogen and oxygen atoms in total. The van der Waals surface area contributed by atoms with Crippen molar-refractivity contribution in [2.75, 3.05) is 13.1 Å². The first kappa shape index (κ1) is 15.0. The number of fused-ring (bicyclic) bond motifs is 3. The summed E-state index contributed by atoms with van der Waals surface area (Å²) in [7, 11) is 0. The number of piperidine rings is 1. The maximum atomic E-state index is 12.8. The van der Waals surface area contributed by atoms with Crippen LogP contribution >= 0.6 is 0 Å². The van der Waals surface area contributed by atoms with Gasteiger partial charge in [0.25, 0.3) is 0 Å². The van der Waals surface area contributed by atoms with E-state index in [0.717, 1.165) is 37.9 Å². The van der Waals surface area contributed by atoms with Crippen LogP contribution in [0.15, 0.2) is 24.3 Å². The number of para-hydroxylation sites is 1. The zero-order valence-corrected chi connectivity index (χ0v) is 13.5. The molecule has 1 amide bonds. The molecule has 2 saturated heterocycles. The Morgan fingerprint density at radius 2 is 2.13 bits per heavy atom. The Balaban J connectivity index is 1.62. The third kappa shape index (κ3) is 2.34. The number of carbonyl (C=O) groups is 1. The van der Waals surface area contributed by atoms with Crippen LogP contribution in [0, 0.1) is 11.8 Å². The monoisotopic (exact) mass is 315 g/mol. The molecule has 1 saturated carbocycles. The summed E-state index contributed by atoms with van der Waals surface area (Å²) >= 11 is 0. The van der Waals surface area contributed by atoms with Crippen molar-refractivity contribution in [1.82, 2.24) is 15.8 Å². The van der Waals surface area contributed by atoms with E-state index >= 15 is 0 Å². The molecule has 3 fully saturated rings. The molecule has 3 aliphatic rings. The number of phenols is 1. The van der Waals surface area contributed by atoms with Crippen molar-refractivity contribution in [3.05, 3.63) is 29.8 Å². The van der Waals surface area contributed by atoms with E-state index in [4.69, 9.17) is 0 Å². The summed E-state index contributed by atoms with van der Waals surface area (Å²) < 4.78 is 0. The quantitative estimate of drug-likeness (QED) is 0.776. The molecule has 0 bridgehead atoms. The van der Waals surface area contributed by atoms with E-state index < -0.39 is 0 Å². The van der Waals surface area contributed by atoms with Gasteiger partial charge >= 0.3 is 0 Å². The predicted molar refractivity (Wildman–Crippen MR) is 87.8 cm³/mol. The minimum atomic E-state index is 0.0814.